The van der Waals surface area contributed by atoms with Gasteiger partial charge >= 0.3 is 5.97 Å². The van der Waals surface area contributed by atoms with E-state index in [1.165, 1.54) is 0 Å². The first kappa shape index (κ1) is 16.2. The molecule has 2 aliphatic rings. The number of likely N-dealkylation sites (N-methyl/N-ethyl adjacent to an activating group) is 1. The zero-order valence-corrected chi connectivity index (χ0v) is 12.4. The van der Waals surface area contributed by atoms with E-state index in [2.05, 4.69) is 10.6 Å². The predicted octanol–water partition coefficient (Wildman–Crippen LogP) is -0.391. The molecule has 21 heavy (non-hydrogen) atoms. The van der Waals surface area contributed by atoms with E-state index in [1.807, 2.05) is 6.92 Å². The molecule has 0 spiro atoms. The molecule has 2 unspecified atom stereocenters. The highest BCUT2D eigenvalue weighted by Gasteiger charge is 2.41. The van der Waals surface area contributed by atoms with Gasteiger partial charge in [-0.05, 0) is 19.4 Å². The minimum atomic E-state index is -0.902. The fourth-order valence-corrected chi connectivity index (χ4v) is 2.89. The van der Waals surface area contributed by atoms with Crippen LogP contribution in [-0.4, -0.2) is 62.5 Å². The van der Waals surface area contributed by atoms with Gasteiger partial charge in [-0.1, -0.05) is 6.92 Å². The first-order valence-corrected chi connectivity index (χ1v) is 7.49. The zero-order chi connectivity index (χ0) is 15.3. The molecule has 1 amide bonds. The van der Waals surface area contributed by atoms with Crippen molar-refractivity contribution in [2.75, 3.05) is 39.5 Å². The summed E-state index contributed by atoms with van der Waals surface area (Å²) < 4.78 is 10.6. The number of rotatable bonds is 6. The van der Waals surface area contributed by atoms with Crippen LogP contribution in [-0.2, 0) is 19.1 Å². The Hall–Kier alpha value is -1.18. The third kappa shape index (κ3) is 3.72. The number of hydrogen-bond donors (Lipinski definition) is 3. The van der Waals surface area contributed by atoms with E-state index >= 15 is 0 Å². The maximum Gasteiger partial charge on any atom is 0.311 e. The molecule has 3 N–H and O–H groups in total. The van der Waals surface area contributed by atoms with Crippen molar-refractivity contribution in [2.45, 2.75) is 25.8 Å². The minimum Gasteiger partial charge on any atom is -0.481 e. The van der Waals surface area contributed by atoms with E-state index < -0.39 is 11.4 Å². The molecule has 0 radical (unpaired) electrons. The Morgan fingerprint density at radius 3 is 2.57 bits per heavy atom. The lowest BCUT2D eigenvalue weighted by Crippen LogP contribution is -2.50. The van der Waals surface area contributed by atoms with Crippen molar-refractivity contribution in [2.24, 2.45) is 11.3 Å². The summed E-state index contributed by atoms with van der Waals surface area (Å²) in [6, 6.07) is 0.00506. The van der Waals surface area contributed by atoms with Crippen LogP contribution in [0.3, 0.4) is 0 Å². The Morgan fingerprint density at radius 2 is 1.95 bits per heavy atom. The molecule has 2 rings (SSSR count). The normalized spacial score (nSPS) is 28.2. The van der Waals surface area contributed by atoms with Crippen molar-refractivity contribution < 1.29 is 24.2 Å². The summed E-state index contributed by atoms with van der Waals surface area (Å²) in [7, 11) is 0. The first-order valence-electron chi connectivity index (χ1n) is 7.49. The number of hydrogen-bond acceptors (Lipinski definition) is 5. The van der Waals surface area contributed by atoms with E-state index in [0.29, 0.717) is 39.3 Å². The van der Waals surface area contributed by atoms with E-state index in [9.17, 15) is 14.7 Å². The maximum absolute atomic E-state index is 12.3. The van der Waals surface area contributed by atoms with Crippen molar-refractivity contribution in [1.29, 1.82) is 0 Å². The van der Waals surface area contributed by atoms with Crippen LogP contribution < -0.4 is 10.6 Å². The van der Waals surface area contributed by atoms with Gasteiger partial charge in [0.1, 0.15) is 0 Å². The smallest absolute Gasteiger partial charge is 0.311 e. The minimum absolute atomic E-state index is 0.00506. The van der Waals surface area contributed by atoms with Crippen molar-refractivity contribution in [3.05, 3.63) is 0 Å². The monoisotopic (exact) mass is 300 g/mol. The van der Waals surface area contributed by atoms with Crippen molar-refractivity contribution in [3.63, 3.8) is 0 Å². The molecule has 2 atom stereocenters. The zero-order valence-electron chi connectivity index (χ0n) is 12.4. The lowest BCUT2D eigenvalue weighted by molar-refractivity contribution is -0.154. The summed E-state index contributed by atoms with van der Waals surface area (Å²) in [6.07, 6.45) is 0.862. The number of amides is 1. The van der Waals surface area contributed by atoms with Gasteiger partial charge in [-0.3, -0.25) is 9.59 Å². The SMILES string of the molecule is CCNC1COCC1C(=O)NCC1(C(=O)O)CCOCC1. The van der Waals surface area contributed by atoms with Gasteiger partial charge in [0.15, 0.2) is 0 Å². The fourth-order valence-electron chi connectivity index (χ4n) is 2.89. The molecule has 7 nitrogen and oxygen atoms in total. The Kier molecular flexibility index (Phi) is 5.55. The second-order valence-corrected chi connectivity index (χ2v) is 5.72. The van der Waals surface area contributed by atoms with Crippen LogP contribution in [0.1, 0.15) is 19.8 Å². The predicted molar refractivity (Wildman–Crippen MR) is 74.9 cm³/mol. The number of ether oxygens (including phenoxy) is 2. The van der Waals surface area contributed by atoms with E-state index in [-0.39, 0.29) is 24.4 Å². The molecule has 120 valence electrons. The average Bonchev–Trinajstić information content (AvgIpc) is 2.94. The number of carbonyl (C=O) groups is 2. The molecule has 2 saturated heterocycles. The molecular weight excluding hydrogens is 276 g/mol. The molecule has 0 aromatic carbocycles. The topological polar surface area (TPSA) is 96.9 Å². The molecule has 0 aromatic rings. The molecule has 2 aliphatic heterocycles. The number of carboxylic acids is 1. The van der Waals surface area contributed by atoms with Crippen molar-refractivity contribution in [1.82, 2.24) is 10.6 Å². The molecule has 2 fully saturated rings. The molecule has 0 aliphatic carbocycles. The highest BCUT2D eigenvalue weighted by molar-refractivity contribution is 5.81. The number of carboxylic acid groups (broad SMARTS) is 1. The summed E-state index contributed by atoms with van der Waals surface area (Å²) in [6.45, 7) is 4.66. The lowest BCUT2D eigenvalue weighted by Gasteiger charge is -2.33. The molecule has 7 heteroatoms. The van der Waals surface area contributed by atoms with E-state index in [0.717, 1.165) is 6.54 Å². The summed E-state index contributed by atoms with van der Waals surface area (Å²) in [5, 5.41) is 15.5. The summed E-state index contributed by atoms with van der Waals surface area (Å²) in [5.41, 5.74) is -0.902. The van der Waals surface area contributed by atoms with Gasteiger partial charge in [-0.2, -0.15) is 0 Å². The van der Waals surface area contributed by atoms with Gasteiger partial charge in [-0.25, -0.2) is 0 Å². The Morgan fingerprint density at radius 1 is 1.24 bits per heavy atom. The molecule has 0 bridgehead atoms. The van der Waals surface area contributed by atoms with Crippen LogP contribution in [0.5, 0.6) is 0 Å². The fraction of sp³-hybridized carbons (Fsp3) is 0.857. The maximum atomic E-state index is 12.3. The van der Waals surface area contributed by atoms with Gasteiger partial charge in [0.2, 0.25) is 5.91 Å². The van der Waals surface area contributed by atoms with E-state index in [1.54, 1.807) is 0 Å². The third-order valence-electron chi connectivity index (χ3n) is 4.39. The van der Waals surface area contributed by atoms with Gasteiger partial charge in [0.25, 0.3) is 0 Å². The number of carbonyl (C=O) groups excluding carboxylic acids is 1. The largest absolute Gasteiger partial charge is 0.481 e. The van der Waals surface area contributed by atoms with Crippen LogP contribution in [0, 0.1) is 11.3 Å². The standard InChI is InChI=1S/C14H24N2O5/c1-2-15-11-8-21-7-10(11)12(17)16-9-14(13(18)19)3-5-20-6-4-14/h10-11,15H,2-9H2,1H3,(H,16,17)(H,18,19). The van der Waals surface area contributed by atoms with Crippen molar-refractivity contribution in [3.8, 4) is 0 Å². The van der Waals surface area contributed by atoms with Crippen molar-refractivity contribution >= 4 is 11.9 Å². The quantitative estimate of drug-likeness (QED) is 0.618. The summed E-state index contributed by atoms with van der Waals surface area (Å²) >= 11 is 0. The van der Waals surface area contributed by atoms with Crippen LogP contribution >= 0.6 is 0 Å². The van der Waals surface area contributed by atoms with Gasteiger partial charge in [-0.15, -0.1) is 0 Å². The Balaban J connectivity index is 1.91. The average molecular weight is 300 g/mol. The number of nitrogens with one attached hydrogen (secondary N) is 2. The highest BCUT2D eigenvalue weighted by Crippen LogP contribution is 2.30. The molecular formula is C14H24N2O5. The van der Waals surface area contributed by atoms with Crippen LogP contribution in [0.4, 0.5) is 0 Å². The lowest BCUT2D eigenvalue weighted by atomic mass is 9.80. The van der Waals surface area contributed by atoms with Crippen LogP contribution in [0.15, 0.2) is 0 Å². The van der Waals surface area contributed by atoms with Crippen LogP contribution in [0.2, 0.25) is 0 Å². The second kappa shape index (κ2) is 7.20. The third-order valence-corrected chi connectivity index (χ3v) is 4.39. The van der Waals surface area contributed by atoms with Gasteiger partial charge in [0, 0.05) is 25.8 Å². The van der Waals surface area contributed by atoms with Crippen LogP contribution in [0.25, 0.3) is 0 Å². The highest BCUT2D eigenvalue weighted by atomic mass is 16.5. The summed E-state index contributed by atoms with van der Waals surface area (Å²) in [4.78, 5) is 23.8. The molecule has 0 aromatic heterocycles. The summed E-state index contributed by atoms with van der Waals surface area (Å²) in [5.74, 6) is -1.25. The Bertz CT molecular complexity index is 382. The van der Waals surface area contributed by atoms with Gasteiger partial charge in [0.05, 0.1) is 24.5 Å². The van der Waals surface area contributed by atoms with Gasteiger partial charge < -0.3 is 25.2 Å². The first-order chi connectivity index (χ1) is 10.1. The van der Waals surface area contributed by atoms with E-state index in [4.69, 9.17) is 9.47 Å². The molecule has 2 heterocycles. The Labute approximate surface area is 124 Å². The number of aliphatic carboxylic acids is 1. The molecule has 0 saturated carbocycles. The second-order valence-electron chi connectivity index (χ2n) is 5.72.